The van der Waals surface area contributed by atoms with Gasteiger partial charge in [0.25, 0.3) is 6.43 Å². The van der Waals surface area contributed by atoms with Gasteiger partial charge >= 0.3 is 0 Å². The van der Waals surface area contributed by atoms with Crippen LogP contribution >= 0.6 is 0 Å². The van der Waals surface area contributed by atoms with Crippen LogP contribution in [0.5, 0.6) is 0 Å². The van der Waals surface area contributed by atoms with Crippen molar-refractivity contribution >= 4 is 0 Å². The molecule has 0 saturated carbocycles. The summed E-state index contributed by atoms with van der Waals surface area (Å²) in [5.41, 5.74) is 0.912. The zero-order chi connectivity index (χ0) is 15.5. The van der Waals surface area contributed by atoms with Crippen molar-refractivity contribution < 1.29 is 8.78 Å². The van der Waals surface area contributed by atoms with E-state index < -0.39 is 6.43 Å². The third-order valence-electron chi connectivity index (χ3n) is 3.22. The number of rotatable bonds is 2. The molecule has 0 amide bonds. The van der Waals surface area contributed by atoms with Gasteiger partial charge in [0.1, 0.15) is 5.69 Å². The van der Waals surface area contributed by atoms with Crippen LogP contribution in [0.1, 0.15) is 64.1 Å². The Hall–Kier alpha value is -1.03. The number of pyridine rings is 1. The van der Waals surface area contributed by atoms with E-state index in [1.807, 2.05) is 33.8 Å². The van der Waals surface area contributed by atoms with Crippen molar-refractivity contribution in [3.05, 3.63) is 29.6 Å². The first kappa shape index (κ1) is 19.0. The second-order valence-corrected chi connectivity index (χ2v) is 4.39. The lowest BCUT2D eigenvalue weighted by Crippen LogP contribution is -2.29. The van der Waals surface area contributed by atoms with Crippen molar-refractivity contribution in [2.24, 2.45) is 0 Å². The molecule has 0 aliphatic carbocycles. The van der Waals surface area contributed by atoms with E-state index in [4.69, 9.17) is 0 Å². The van der Waals surface area contributed by atoms with Crippen LogP contribution in [-0.2, 0) is 0 Å². The minimum atomic E-state index is -2.47. The molecule has 1 fully saturated rings. The Bertz CT molecular complexity index is 348. The number of likely N-dealkylation sites (tertiary alicyclic amines) is 1. The molecule has 116 valence electrons. The molecule has 0 bridgehead atoms. The van der Waals surface area contributed by atoms with E-state index in [0.29, 0.717) is 5.92 Å². The van der Waals surface area contributed by atoms with Crippen LogP contribution in [0.4, 0.5) is 8.78 Å². The van der Waals surface area contributed by atoms with E-state index in [0.717, 1.165) is 31.5 Å². The van der Waals surface area contributed by atoms with E-state index in [2.05, 4.69) is 16.9 Å². The zero-order valence-electron chi connectivity index (χ0n) is 13.4. The van der Waals surface area contributed by atoms with E-state index in [1.165, 1.54) is 6.20 Å². The molecule has 0 N–H and O–H groups in total. The lowest BCUT2D eigenvalue weighted by atomic mass is 9.90. The Morgan fingerprint density at radius 2 is 1.70 bits per heavy atom. The molecule has 0 radical (unpaired) electrons. The topological polar surface area (TPSA) is 16.1 Å². The largest absolute Gasteiger partial charge is 0.306 e. The van der Waals surface area contributed by atoms with Crippen LogP contribution in [-0.4, -0.2) is 30.0 Å². The molecule has 2 rings (SSSR count). The van der Waals surface area contributed by atoms with Gasteiger partial charge in [-0.15, -0.1) is 0 Å². The van der Waals surface area contributed by atoms with Gasteiger partial charge in [-0.1, -0.05) is 27.7 Å². The Morgan fingerprint density at radius 1 is 1.15 bits per heavy atom. The fraction of sp³-hybridized carbons (Fsp3) is 0.688. The third kappa shape index (κ3) is 5.95. The molecule has 0 atom stereocenters. The van der Waals surface area contributed by atoms with Gasteiger partial charge in [-0.05, 0) is 56.6 Å². The molecular weight excluding hydrogens is 258 g/mol. The molecule has 2 nitrogen and oxygen atoms in total. The average molecular weight is 286 g/mol. The van der Waals surface area contributed by atoms with Gasteiger partial charge in [-0.25, -0.2) is 8.78 Å². The number of hydrogen-bond acceptors (Lipinski definition) is 2. The summed E-state index contributed by atoms with van der Waals surface area (Å²) in [4.78, 5) is 5.96. The maximum absolute atomic E-state index is 12.5. The second kappa shape index (κ2) is 10.7. The Kier molecular flexibility index (Phi) is 10.2. The molecule has 1 aromatic heterocycles. The molecule has 0 aromatic carbocycles. The average Bonchev–Trinajstić information content (AvgIpc) is 2.52. The van der Waals surface area contributed by atoms with Crippen LogP contribution in [0.3, 0.4) is 0 Å². The van der Waals surface area contributed by atoms with Gasteiger partial charge < -0.3 is 4.90 Å². The van der Waals surface area contributed by atoms with Crippen molar-refractivity contribution in [1.82, 2.24) is 9.88 Å². The summed E-state index contributed by atoms with van der Waals surface area (Å²) in [6, 6.07) is 3.42. The first-order valence-electron chi connectivity index (χ1n) is 7.59. The summed E-state index contributed by atoms with van der Waals surface area (Å²) in [5, 5.41) is 0. The van der Waals surface area contributed by atoms with Gasteiger partial charge in [0.2, 0.25) is 0 Å². The van der Waals surface area contributed by atoms with E-state index in [1.54, 1.807) is 6.07 Å². The van der Waals surface area contributed by atoms with Gasteiger partial charge in [-0.2, -0.15) is 0 Å². The van der Waals surface area contributed by atoms with E-state index >= 15 is 0 Å². The standard InChI is InChI=1S/C12H16F2N2.2C2H6/c1-16-6-3-9(4-7-16)10-2-5-15-11(8-10)12(13)14;2*1-2/h2,5,8-9,12H,3-4,6-7H2,1H3;2*1-2H3. The molecule has 2 heterocycles. The fourth-order valence-corrected chi connectivity index (χ4v) is 2.18. The molecule has 1 aliphatic rings. The number of piperidine rings is 1. The van der Waals surface area contributed by atoms with Gasteiger partial charge in [-0.3, -0.25) is 4.98 Å². The molecule has 1 saturated heterocycles. The summed E-state index contributed by atoms with van der Waals surface area (Å²) in [7, 11) is 2.09. The van der Waals surface area contributed by atoms with Gasteiger partial charge in [0.15, 0.2) is 0 Å². The van der Waals surface area contributed by atoms with Crippen molar-refractivity contribution in [2.45, 2.75) is 52.9 Å². The summed E-state index contributed by atoms with van der Waals surface area (Å²) in [5.74, 6) is 0.414. The number of hydrogen-bond donors (Lipinski definition) is 0. The molecule has 1 aromatic rings. The van der Waals surface area contributed by atoms with Gasteiger partial charge in [0.05, 0.1) is 0 Å². The maximum atomic E-state index is 12.5. The highest BCUT2D eigenvalue weighted by Gasteiger charge is 2.19. The smallest absolute Gasteiger partial charge is 0.280 e. The normalized spacial score (nSPS) is 16.0. The fourth-order valence-electron chi connectivity index (χ4n) is 2.18. The predicted octanol–water partition coefficient (Wildman–Crippen LogP) is 4.88. The minimum absolute atomic E-state index is 0.101. The first-order chi connectivity index (χ1) is 9.66. The van der Waals surface area contributed by atoms with Crippen molar-refractivity contribution in [1.29, 1.82) is 0 Å². The lowest BCUT2D eigenvalue weighted by molar-refractivity contribution is 0.146. The van der Waals surface area contributed by atoms with Gasteiger partial charge in [0, 0.05) is 6.20 Å². The number of aromatic nitrogens is 1. The number of halogens is 2. The molecule has 0 unspecified atom stereocenters. The monoisotopic (exact) mass is 286 g/mol. The highest BCUT2D eigenvalue weighted by Crippen LogP contribution is 2.29. The quantitative estimate of drug-likeness (QED) is 0.770. The van der Waals surface area contributed by atoms with Crippen LogP contribution in [0.2, 0.25) is 0 Å². The molecular formula is C16H28F2N2. The minimum Gasteiger partial charge on any atom is -0.306 e. The van der Waals surface area contributed by atoms with Crippen LogP contribution in [0.25, 0.3) is 0 Å². The highest BCUT2D eigenvalue weighted by molar-refractivity contribution is 5.21. The number of alkyl halides is 2. The third-order valence-corrected chi connectivity index (χ3v) is 3.22. The van der Waals surface area contributed by atoms with Crippen LogP contribution < -0.4 is 0 Å². The lowest BCUT2D eigenvalue weighted by Gasteiger charge is -2.29. The van der Waals surface area contributed by atoms with Crippen molar-refractivity contribution in [3.8, 4) is 0 Å². The summed E-state index contributed by atoms with van der Waals surface area (Å²) < 4.78 is 25.0. The van der Waals surface area contributed by atoms with Crippen LogP contribution in [0, 0.1) is 0 Å². The molecule has 1 aliphatic heterocycles. The Balaban J connectivity index is 0.000000829. The summed E-state index contributed by atoms with van der Waals surface area (Å²) in [6.07, 6.45) is 1.12. The molecule has 20 heavy (non-hydrogen) atoms. The zero-order valence-corrected chi connectivity index (χ0v) is 13.4. The SMILES string of the molecule is CC.CC.CN1CCC(c2ccnc(C(F)F)c2)CC1. The van der Waals surface area contributed by atoms with E-state index in [9.17, 15) is 8.78 Å². The predicted molar refractivity (Wildman–Crippen MR) is 81.4 cm³/mol. The molecule has 0 spiro atoms. The van der Waals surface area contributed by atoms with Crippen molar-refractivity contribution in [3.63, 3.8) is 0 Å². The summed E-state index contributed by atoms with van der Waals surface area (Å²) >= 11 is 0. The van der Waals surface area contributed by atoms with E-state index in [-0.39, 0.29) is 5.69 Å². The first-order valence-corrected chi connectivity index (χ1v) is 7.59. The Morgan fingerprint density at radius 3 is 2.20 bits per heavy atom. The van der Waals surface area contributed by atoms with Crippen molar-refractivity contribution in [2.75, 3.05) is 20.1 Å². The summed E-state index contributed by atoms with van der Waals surface area (Å²) in [6.45, 7) is 10.1. The number of nitrogens with zero attached hydrogens (tertiary/aromatic N) is 2. The maximum Gasteiger partial charge on any atom is 0.280 e. The Labute approximate surface area is 122 Å². The highest BCUT2D eigenvalue weighted by atomic mass is 19.3. The molecule has 4 heteroatoms. The van der Waals surface area contributed by atoms with Crippen LogP contribution in [0.15, 0.2) is 18.3 Å². The second-order valence-electron chi connectivity index (χ2n) is 4.39.